The topological polar surface area (TPSA) is 145 Å². The molecular formula is C22H30N8O3S. The number of anilines is 2. The fourth-order valence-corrected chi connectivity index (χ4v) is 4.26. The number of unbranched alkanes of at least 4 members (excludes halogenated alkanes) is 1. The highest BCUT2D eigenvalue weighted by atomic mass is 32.2. The Bertz CT molecular complexity index is 1240. The molecule has 182 valence electrons. The SMILES string of the molecule is CCCCn1c(N)c(N(Cc2ccccc2)C(=O)CSc2nnnn2C(C)(C)C)c(=O)[nH]c1=O. The summed E-state index contributed by atoms with van der Waals surface area (Å²) in [7, 11) is 0. The molecule has 0 fully saturated rings. The first-order valence-electron chi connectivity index (χ1n) is 11.0. The fraction of sp³-hybridized carbons (Fsp3) is 0.455. The molecule has 0 radical (unpaired) electrons. The highest BCUT2D eigenvalue weighted by Crippen LogP contribution is 2.25. The second-order valence-corrected chi connectivity index (χ2v) is 9.74. The Morgan fingerprint density at radius 1 is 1.21 bits per heavy atom. The highest BCUT2D eigenvalue weighted by Gasteiger charge is 2.26. The number of hydrogen-bond acceptors (Lipinski definition) is 8. The van der Waals surface area contributed by atoms with Gasteiger partial charge in [0.05, 0.1) is 17.8 Å². The van der Waals surface area contributed by atoms with Gasteiger partial charge in [0.1, 0.15) is 5.82 Å². The summed E-state index contributed by atoms with van der Waals surface area (Å²) in [6, 6.07) is 9.26. The predicted molar refractivity (Wildman–Crippen MR) is 132 cm³/mol. The Balaban J connectivity index is 1.98. The van der Waals surface area contributed by atoms with Gasteiger partial charge in [-0.15, -0.1) is 5.10 Å². The summed E-state index contributed by atoms with van der Waals surface area (Å²) in [4.78, 5) is 42.3. The third-order valence-electron chi connectivity index (χ3n) is 5.10. The van der Waals surface area contributed by atoms with Crippen molar-refractivity contribution in [2.24, 2.45) is 0 Å². The number of nitrogens with one attached hydrogen (secondary N) is 1. The lowest BCUT2D eigenvalue weighted by Gasteiger charge is -2.25. The number of benzene rings is 1. The molecule has 0 aliphatic carbocycles. The Hall–Kier alpha value is -3.41. The number of aromatic nitrogens is 6. The van der Waals surface area contributed by atoms with Crippen molar-refractivity contribution in [2.75, 3.05) is 16.4 Å². The van der Waals surface area contributed by atoms with E-state index in [-0.39, 0.29) is 35.2 Å². The monoisotopic (exact) mass is 486 g/mol. The second-order valence-electron chi connectivity index (χ2n) is 8.80. The summed E-state index contributed by atoms with van der Waals surface area (Å²) in [6.45, 7) is 8.31. The average Bonchev–Trinajstić information content (AvgIpc) is 3.26. The van der Waals surface area contributed by atoms with Crippen molar-refractivity contribution in [2.45, 2.75) is 64.3 Å². The smallest absolute Gasteiger partial charge is 0.330 e. The maximum absolute atomic E-state index is 13.5. The van der Waals surface area contributed by atoms with Crippen molar-refractivity contribution in [3.8, 4) is 0 Å². The normalized spacial score (nSPS) is 11.5. The van der Waals surface area contributed by atoms with E-state index in [1.807, 2.05) is 58.0 Å². The van der Waals surface area contributed by atoms with E-state index in [9.17, 15) is 14.4 Å². The number of nitrogens with zero attached hydrogens (tertiary/aromatic N) is 6. The van der Waals surface area contributed by atoms with Gasteiger partial charge in [-0.2, -0.15) is 0 Å². The number of tetrazole rings is 1. The van der Waals surface area contributed by atoms with Gasteiger partial charge in [0, 0.05) is 6.54 Å². The lowest BCUT2D eigenvalue weighted by atomic mass is 10.1. The maximum Gasteiger partial charge on any atom is 0.330 e. The van der Waals surface area contributed by atoms with Crippen LogP contribution in [0.1, 0.15) is 46.1 Å². The minimum Gasteiger partial charge on any atom is -0.383 e. The number of rotatable bonds is 9. The van der Waals surface area contributed by atoms with Crippen LogP contribution in [0.2, 0.25) is 0 Å². The number of nitrogens with two attached hydrogens (primary N) is 1. The van der Waals surface area contributed by atoms with E-state index < -0.39 is 11.2 Å². The van der Waals surface area contributed by atoms with Crippen LogP contribution in [0, 0.1) is 0 Å². The first-order chi connectivity index (χ1) is 16.1. The number of aromatic amines is 1. The van der Waals surface area contributed by atoms with E-state index in [4.69, 9.17) is 5.73 Å². The number of hydrogen-bond donors (Lipinski definition) is 2. The Morgan fingerprint density at radius 3 is 2.56 bits per heavy atom. The molecule has 11 nitrogen and oxygen atoms in total. The maximum atomic E-state index is 13.5. The lowest BCUT2D eigenvalue weighted by molar-refractivity contribution is -0.116. The van der Waals surface area contributed by atoms with Crippen molar-refractivity contribution >= 4 is 29.2 Å². The Morgan fingerprint density at radius 2 is 1.91 bits per heavy atom. The summed E-state index contributed by atoms with van der Waals surface area (Å²) in [6.07, 6.45) is 1.54. The number of carbonyl (C=O) groups excluding carboxylic acids is 1. The van der Waals surface area contributed by atoms with Crippen LogP contribution < -0.4 is 21.9 Å². The predicted octanol–water partition coefficient (Wildman–Crippen LogP) is 1.99. The standard InChI is InChI=1S/C22H30N8O3S/c1-5-6-12-28-18(23)17(19(32)24-20(28)33)29(13-15-10-8-7-9-11-15)16(31)14-34-21-25-26-27-30(21)22(2,3)4/h7-11H,5-6,12-14,23H2,1-4H3,(H,24,32,33). The molecule has 0 aliphatic rings. The van der Waals surface area contributed by atoms with Crippen LogP contribution in [0.4, 0.5) is 11.5 Å². The van der Waals surface area contributed by atoms with Gasteiger partial charge in [0.2, 0.25) is 11.1 Å². The number of thioether (sulfide) groups is 1. The molecule has 0 spiro atoms. The largest absolute Gasteiger partial charge is 0.383 e. The first-order valence-corrected chi connectivity index (χ1v) is 12.0. The molecule has 3 aromatic rings. The van der Waals surface area contributed by atoms with Gasteiger partial charge in [-0.3, -0.25) is 24.0 Å². The van der Waals surface area contributed by atoms with Gasteiger partial charge in [-0.25, -0.2) is 9.48 Å². The molecule has 0 saturated carbocycles. The van der Waals surface area contributed by atoms with Crippen molar-refractivity contribution in [3.63, 3.8) is 0 Å². The zero-order valence-corrected chi connectivity index (χ0v) is 20.6. The molecule has 1 aromatic carbocycles. The third-order valence-corrected chi connectivity index (χ3v) is 6.01. The van der Waals surface area contributed by atoms with Crippen LogP contribution >= 0.6 is 11.8 Å². The molecule has 2 heterocycles. The van der Waals surface area contributed by atoms with Crippen LogP contribution in [0.25, 0.3) is 0 Å². The van der Waals surface area contributed by atoms with Crippen LogP contribution in [-0.2, 0) is 23.4 Å². The van der Waals surface area contributed by atoms with E-state index in [2.05, 4.69) is 20.5 Å². The van der Waals surface area contributed by atoms with Crippen molar-refractivity contribution in [1.82, 2.24) is 29.8 Å². The summed E-state index contributed by atoms with van der Waals surface area (Å²) in [5, 5.41) is 12.2. The minimum atomic E-state index is -0.705. The Labute approximate surface area is 201 Å². The van der Waals surface area contributed by atoms with Gasteiger partial charge in [0.25, 0.3) is 5.56 Å². The third kappa shape index (κ3) is 5.74. The molecule has 3 rings (SSSR count). The molecule has 0 bridgehead atoms. The molecule has 2 aromatic heterocycles. The number of H-pyrrole nitrogens is 1. The summed E-state index contributed by atoms with van der Waals surface area (Å²) >= 11 is 1.17. The number of amides is 1. The number of nitrogen functional groups attached to an aromatic ring is 1. The van der Waals surface area contributed by atoms with Gasteiger partial charge in [-0.1, -0.05) is 55.4 Å². The molecule has 1 amide bonds. The lowest BCUT2D eigenvalue weighted by Crippen LogP contribution is -2.41. The van der Waals surface area contributed by atoms with Crippen LogP contribution in [0.15, 0.2) is 45.1 Å². The van der Waals surface area contributed by atoms with E-state index in [1.165, 1.54) is 21.2 Å². The zero-order chi connectivity index (χ0) is 24.9. The van der Waals surface area contributed by atoms with Crippen LogP contribution in [0.3, 0.4) is 0 Å². The van der Waals surface area contributed by atoms with Crippen molar-refractivity contribution in [1.29, 1.82) is 0 Å². The molecule has 0 aliphatic heterocycles. The number of carbonyl (C=O) groups is 1. The van der Waals surface area contributed by atoms with Crippen LogP contribution in [0.5, 0.6) is 0 Å². The highest BCUT2D eigenvalue weighted by molar-refractivity contribution is 7.99. The van der Waals surface area contributed by atoms with E-state index in [0.717, 1.165) is 12.0 Å². The summed E-state index contributed by atoms with van der Waals surface area (Å²) in [5.41, 5.74) is 5.40. The van der Waals surface area contributed by atoms with Gasteiger partial charge >= 0.3 is 5.69 Å². The zero-order valence-electron chi connectivity index (χ0n) is 19.8. The fourth-order valence-electron chi connectivity index (χ4n) is 3.33. The molecule has 3 N–H and O–H groups in total. The van der Waals surface area contributed by atoms with E-state index in [1.54, 1.807) is 4.68 Å². The van der Waals surface area contributed by atoms with Crippen molar-refractivity contribution in [3.05, 3.63) is 56.7 Å². The van der Waals surface area contributed by atoms with E-state index in [0.29, 0.717) is 18.1 Å². The molecule has 12 heteroatoms. The molecule has 0 saturated heterocycles. The molecule has 34 heavy (non-hydrogen) atoms. The quantitative estimate of drug-likeness (QED) is 0.437. The molecule has 0 unspecified atom stereocenters. The Kier molecular flexibility index (Phi) is 7.92. The molecular weight excluding hydrogens is 456 g/mol. The summed E-state index contributed by atoms with van der Waals surface area (Å²) in [5.74, 6) is -0.429. The van der Waals surface area contributed by atoms with E-state index >= 15 is 0 Å². The van der Waals surface area contributed by atoms with Crippen molar-refractivity contribution < 1.29 is 4.79 Å². The molecule has 0 atom stereocenters. The van der Waals surface area contributed by atoms with Crippen LogP contribution in [-0.4, -0.2) is 41.4 Å². The minimum absolute atomic E-state index is 0.0315. The summed E-state index contributed by atoms with van der Waals surface area (Å²) < 4.78 is 2.94. The first kappa shape index (κ1) is 25.2. The second kappa shape index (κ2) is 10.7. The van der Waals surface area contributed by atoms with Gasteiger partial charge < -0.3 is 5.73 Å². The van der Waals surface area contributed by atoms with Gasteiger partial charge in [-0.05, 0) is 43.2 Å². The average molecular weight is 487 g/mol. The van der Waals surface area contributed by atoms with Gasteiger partial charge in [0.15, 0.2) is 5.69 Å².